The van der Waals surface area contributed by atoms with Crippen molar-refractivity contribution in [2.24, 2.45) is 0 Å². The van der Waals surface area contributed by atoms with Gasteiger partial charge in [0.25, 0.3) is 0 Å². The number of ketones is 2. The number of rotatable bonds is 4. The number of carbonyl (C=O) groups is 2. The second-order valence-corrected chi connectivity index (χ2v) is 4.33. The normalized spacial score (nSPS) is 10.0. The smallest absolute Gasteiger partial charge is 0.233 e. The molecule has 2 aromatic carbocycles. The van der Waals surface area contributed by atoms with E-state index in [4.69, 9.17) is 16.3 Å². The molecule has 0 heterocycles. The molecule has 0 aromatic heterocycles. The number of methoxy groups -OCH3 is 1. The minimum atomic E-state index is -0.576. The summed E-state index contributed by atoms with van der Waals surface area (Å²) in [5.74, 6) is -0.510. The molecule has 0 aliphatic carbocycles. The third kappa shape index (κ3) is 3.01. The largest absolute Gasteiger partial charge is 0.497 e. The fourth-order valence-electron chi connectivity index (χ4n) is 1.63. The number of hydrogen-bond donors (Lipinski definition) is 0. The Labute approximate surface area is 115 Å². The highest BCUT2D eigenvalue weighted by atomic mass is 35.5. The lowest BCUT2D eigenvalue weighted by atomic mass is 10.0. The number of carbonyl (C=O) groups excluding carboxylic acids is 2. The summed E-state index contributed by atoms with van der Waals surface area (Å²) < 4.78 is 5.00. The highest BCUT2D eigenvalue weighted by Gasteiger charge is 2.18. The van der Waals surface area contributed by atoms with Crippen LogP contribution in [-0.4, -0.2) is 18.7 Å². The number of ether oxygens (including phenoxy) is 1. The maximum atomic E-state index is 12.0. The minimum absolute atomic E-state index is 0.285. The molecule has 0 aliphatic rings. The molecule has 3 nitrogen and oxygen atoms in total. The summed E-state index contributed by atoms with van der Waals surface area (Å²) in [6, 6.07) is 12.7. The van der Waals surface area contributed by atoms with Gasteiger partial charge in [-0.2, -0.15) is 0 Å². The van der Waals surface area contributed by atoms with Gasteiger partial charge in [-0.05, 0) is 36.4 Å². The van der Waals surface area contributed by atoms with E-state index in [0.717, 1.165) is 0 Å². The van der Waals surface area contributed by atoms with Crippen LogP contribution >= 0.6 is 11.6 Å². The SMILES string of the molecule is COc1ccc(C(=O)C(=O)c2cccc(Cl)c2)cc1. The maximum Gasteiger partial charge on any atom is 0.233 e. The van der Waals surface area contributed by atoms with E-state index in [2.05, 4.69) is 0 Å². The average molecular weight is 275 g/mol. The van der Waals surface area contributed by atoms with Crippen LogP contribution in [0.5, 0.6) is 5.75 Å². The Kier molecular flexibility index (Phi) is 3.97. The van der Waals surface area contributed by atoms with E-state index in [-0.39, 0.29) is 5.56 Å². The average Bonchev–Trinajstić information content (AvgIpc) is 2.46. The highest BCUT2D eigenvalue weighted by Crippen LogP contribution is 2.16. The Morgan fingerprint density at radius 1 is 0.947 bits per heavy atom. The number of halogens is 1. The van der Waals surface area contributed by atoms with Crippen LogP contribution in [0.1, 0.15) is 20.7 Å². The van der Waals surface area contributed by atoms with E-state index in [9.17, 15) is 9.59 Å². The van der Waals surface area contributed by atoms with Crippen LogP contribution in [0.2, 0.25) is 5.02 Å². The summed E-state index contributed by atoms with van der Waals surface area (Å²) >= 11 is 5.80. The molecule has 0 fully saturated rings. The Hall–Kier alpha value is -2.13. The lowest BCUT2D eigenvalue weighted by Gasteiger charge is -2.03. The zero-order chi connectivity index (χ0) is 13.8. The molecule has 0 unspecified atom stereocenters. The van der Waals surface area contributed by atoms with Crippen LogP contribution in [-0.2, 0) is 0 Å². The molecular weight excluding hydrogens is 264 g/mol. The molecule has 2 aromatic rings. The number of hydrogen-bond acceptors (Lipinski definition) is 3. The van der Waals surface area contributed by atoms with Gasteiger partial charge in [-0.1, -0.05) is 23.7 Å². The predicted octanol–water partition coefficient (Wildman–Crippen LogP) is 3.41. The highest BCUT2D eigenvalue weighted by molar-refractivity contribution is 6.49. The van der Waals surface area contributed by atoms with Gasteiger partial charge in [0.1, 0.15) is 5.75 Å². The van der Waals surface area contributed by atoms with Crippen molar-refractivity contribution in [2.45, 2.75) is 0 Å². The standard InChI is InChI=1S/C15H11ClO3/c1-19-13-7-5-10(6-8-13)14(17)15(18)11-3-2-4-12(16)9-11/h2-9H,1H3. The van der Waals surface area contributed by atoms with Crippen LogP contribution in [0.4, 0.5) is 0 Å². The van der Waals surface area contributed by atoms with Gasteiger partial charge in [-0.15, -0.1) is 0 Å². The fourth-order valence-corrected chi connectivity index (χ4v) is 1.82. The molecule has 0 bridgehead atoms. The molecule has 2 rings (SSSR count). The van der Waals surface area contributed by atoms with Gasteiger partial charge >= 0.3 is 0 Å². The number of benzene rings is 2. The van der Waals surface area contributed by atoms with Crippen molar-refractivity contribution in [2.75, 3.05) is 7.11 Å². The molecular formula is C15H11ClO3. The lowest BCUT2D eigenvalue weighted by Crippen LogP contribution is -2.14. The van der Waals surface area contributed by atoms with Crippen molar-refractivity contribution < 1.29 is 14.3 Å². The molecule has 0 aliphatic heterocycles. The van der Waals surface area contributed by atoms with E-state index >= 15 is 0 Å². The van der Waals surface area contributed by atoms with Crippen LogP contribution in [0.25, 0.3) is 0 Å². The lowest BCUT2D eigenvalue weighted by molar-refractivity contribution is 0.0817. The summed E-state index contributed by atoms with van der Waals surface area (Å²) in [5.41, 5.74) is 0.610. The second-order valence-electron chi connectivity index (χ2n) is 3.90. The van der Waals surface area contributed by atoms with E-state index in [1.165, 1.54) is 13.2 Å². The van der Waals surface area contributed by atoms with E-state index in [1.54, 1.807) is 42.5 Å². The molecule has 0 N–H and O–H groups in total. The molecule has 0 atom stereocenters. The first-order valence-electron chi connectivity index (χ1n) is 5.60. The van der Waals surface area contributed by atoms with Gasteiger partial charge in [0.15, 0.2) is 0 Å². The van der Waals surface area contributed by atoms with Gasteiger partial charge in [0, 0.05) is 16.1 Å². The van der Waals surface area contributed by atoms with Crippen molar-refractivity contribution in [1.82, 2.24) is 0 Å². The second kappa shape index (κ2) is 5.67. The first-order chi connectivity index (χ1) is 9.11. The van der Waals surface area contributed by atoms with Crippen molar-refractivity contribution in [1.29, 1.82) is 0 Å². The third-order valence-electron chi connectivity index (χ3n) is 2.65. The Morgan fingerprint density at radius 2 is 1.58 bits per heavy atom. The van der Waals surface area contributed by atoms with Crippen molar-refractivity contribution >= 4 is 23.2 Å². The van der Waals surface area contributed by atoms with Gasteiger partial charge < -0.3 is 4.74 Å². The van der Waals surface area contributed by atoms with E-state index < -0.39 is 11.6 Å². The van der Waals surface area contributed by atoms with Gasteiger partial charge in [0.2, 0.25) is 11.6 Å². The van der Waals surface area contributed by atoms with Crippen molar-refractivity contribution in [3.05, 3.63) is 64.7 Å². The molecule has 0 radical (unpaired) electrons. The van der Waals surface area contributed by atoms with Crippen LogP contribution in [0, 0.1) is 0 Å². The Morgan fingerprint density at radius 3 is 2.16 bits per heavy atom. The third-order valence-corrected chi connectivity index (χ3v) is 2.88. The monoisotopic (exact) mass is 274 g/mol. The van der Waals surface area contributed by atoms with Gasteiger partial charge in [-0.25, -0.2) is 0 Å². The molecule has 4 heteroatoms. The van der Waals surface area contributed by atoms with E-state index in [1.807, 2.05) is 0 Å². The first-order valence-corrected chi connectivity index (χ1v) is 5.98. The van der Waals surface area contributed by atoms with Gasteiger partial charge in [0.05, 0.1) is 7.11 Å². The minimum Gasteiger partial charge on any atom is -0.497 e. The fraction of sp³-hybridized carbons (Fsp3) is 0.0667. The molecule has 0 amide bonds. The Balaban J connectivity index is 2.25. The summed E-state index contributed by atoms with van der Waals surface area (Å²) in [6.45, 7) is 0. The zero-order valence-corrected chi connectivity index (χ0v) is 11.0. The molecule has 96 valence electrons. The van der Waals surface area contributed by atoms with Crippen LogP contribution in [0.15, 0.2) is 48.5 Å². The maximum absolute atomic E-state index is 12.0. The molecule has 0 saturated heterocycles. The van der Waals surface area contributed by atoms with E-state index in [0.29, 0.717) is 16.3 Å². The summed E-state index contributed by atoms with van der Waals surface area (Å²) in [4.78, 5) is 24.0. The topological polar surface area (TPSA) is 43.4 Å². The Bertz CT molecular complexity index is 618. The molecule has 0 saturated carbocycles. The van der Waals surface area contributed by atoms with Crippen molar-refractivity contribution in [3.63, 3.8) is 0 Å². The summed E-state index contributed by atoms with van der Waals surface area (Å²) in [6.07, 6.45) is 0. The van der Waals surface area contributed by atoms with Crippen LogP contribution in [0.3, 0.4) is 0 Å². The molecule has 19 heavy (non-hydrogen) atoms. The number of Topliss-reactive ketones (excluding diaryl/α,β-unsaturated/α-hetero) is 2. The van der Waals surface area contributed by atoms with Gasteiger partial charge in [-0.3, -0.25) is 9.59 Å². The zero-order valence-electron chi connectivity index (χ0n) is 10.2. The van der Waals surface area contributed by atoms with Crippen molar-refractivity contribution in [3.8, 4) is 5.75 Å². The summed E-state index contributed by atoms with van der Waals surface area (Å²) in [7, 11) is 1.54. The quantitative estimate of drug-likeness (QED) is 0.634. The van der Waals surface area contributed by atoms with Crippen LogP contribution < -0.4 is 4.74 Å². The molecule has 0 spiro atoms. The predicted molar refractivity (Wildman–Crippen MR) is 73.1 cm³/mol. The summed E-state index contributed by atoms with van der Waals surface area (Å²) in [5, 5.41) is 0.424. The first kappa shape index (κ1) is 13.3.